The second-order valence-corrected chi connectivity index (χ2v) is 6.68. The van der Waals surface area contributed by atoms with Crippen molar-refractivity contribution in [1.82, 2.24) is 4.90 Å². The molecule has 0 bridgehead atoms. The van der Waals surface area contributed by atoms with E-state index < -0.39 is 0 Å². The highest BCUT2D eigenvalue weighted by Crippen LogP contribution is 2.33. The Morgan fingerprint density at radius 1 is 1.42 bits per heavy atom. The maximum absolute atomic E-state index is 6.22. The monoisotopic (exact) mass is 304 g/mol. The lowest BCUT2D eigenvalue weighted by Crippen LogP contribution is -2.45. The van der Waals surface area contributed by atoms with Gasteiger partial charge in [0.15, 0.2) is 0 Å². The van der Waals surface area contributed by atoms with Crippen molar-refractivity contribution < 1.29 is 4.74 Å². The highest BCUT2D eigenvalue weighted by atomic mass is 35.5. The minimum atomic E-state index is 0.0561. The van der Waals surface area contributed by atoms with Crippen molar-refractivity contribution in [3.05, 3.63) is 21.3 Å². The molecule has 3 atom stereocenters. The molecule has 1 aromatic heterocycles. The van der Waals surface area contributed by atoms with Crippen molar-refractivity contribution in [3.63, 3.8) is 0 Å². The average molecular weight is 305 g/mol. The Bertz CT molecular complexity index is 370. The summed E-state index contributed by atoms with van der Waals surface area (Å²) in [6.45, 7) is 8.09. The van der Waals surface area contributed by atoms with Crippen LogP contribution in [0.4, 0.5) is 0 Å². The van der Waals surface area contributed by atoms with Crippen molar-refractivity contribution >= 4 is 22.9 Å². The summed E-state index contributed by atoms with van der Waals surface area (Å²) in [6, 6.07) is 4.75. The van der Waals surface area contributed by atoms with Gasteiger partial charge in [-0.3, -0.25) is 4.90 Å². The van der Waals surface area contributed by atoms with Crippen LogP contribution < -0.4 is 5.73 Å². The zero-order valence-corrected chi connectivity index (χ0v) is 13.8. The normalized spacial score (nSPS) is 16.6. The molecule has 0 spiro atoms. The average Bonchev–Trinajstić information content (AvgIpc) is 2.79. The molecule has 0 saturated carbocycles. The lowest BCUT2D eigenvalue weighted by molar-refractivity contribution is 0.0801. The van der Waals surface area contributed by atoms with E-state index in [9.17, 15) is 0 Å². The molecule has 0 aliphatic carbocycles. The molecular formula is C14H25ClN2OS. The summed E-state index contributed by atoms with van der Waals surface area (Å²) in [5.41, 5.74) is 6.22. The van der Waals surface area contributed by atoms with Gasteiger partial charge in [-0.2, -0.15) is 0 Å². The van der Waals surface area contributed by atoms with Crippen LogP contribution in [0.5, 0.6) is 0 Å². The van der Waals surface area contributed by atoms with E-state index in [0.717, 1.165) is 17.3 Å². The van der Waals surface area contributed by atoms with Gasteiger partial charge >= 0.3 is 0 Å². The molecule has 19 heavy (non-hydrogen) atoms. The molecule has 0 amide bonds. The van der Waals surface area contributed by atoms with E-state index >= 15 is 0 Å². The number of ether oxygens (including phenoxy) is 1. The summed E-state index contributed by atoms with van der Waals surface area (Å²) in [5.74, 6) is 0. The Labute approximate surface area is 125 Å². The van der Waals surface area contributed by atoms with Crippen LogP contribution in [0.3, 0.4) is 0 Å². The number of halogens is 1. The molecule has 1 heterocycles. The number of hydrogen-bond donors (Lipinski definition) is 1. The van der Waals surface area contributed by atoms with E-state index in [0.29, 0.717) is 12.6 Å². The molecule has 0 aliphatic rings. The van der Waals surface area contributed by atoms with Gasteiger partial charge in [0.2, 0.25) is 0 Å². The van der Waals surface area contributed by atoms with E-state index in [4.69, 9.17) is 22.1 Å². The third kappa shape index (κ3) is 4.72. The maximum atomic E-state index is 6.22. The number of thiophene rings is 1. The zero-order valence-electron chi connectivity index (χ0n) is 12.2. The number of hydrogen-bond acceptors (Lipinski definition) is 4. The van der Waals surface area contributed by atoms with Crippen LogP contribution in [0.25, 0.3) is 0 Å². The fourth-order valence-electron chi connectivity index (χ4n) is 2.28. The van der Waals surface area contributed by atoms with Crippen LogP contribution in [0.1, 0.15) is 38.1 Å². The van der Waals surface area contributed by atoms with Crippen LogP contribution in [-0.4, -0.2) is 37.2 Å². The lowest BCUT2D eigenvalue weighted by Gasteiger charge is -2.37. The molecular weight excluding hydrogens is 280 g/mol. The van der Waals surface area contributed by atoms with Gasteiger partial charge in [-0.25, -0.2) is 0 Å². The zero-order chi connectivity index (χ0) is 14.4. The highest BCUT2D eigenvalue weighted by Gasteiger charge is 2.28. The standard InChI is InChI=1S/C14H25ClN2OS/c1-5-10(2)17(8-9-18-4)14(11(3)16)12-6-7-13(15)19-12/h6-7,10-11,14H,5,8-9,16H2,1-4H3. The molecule has 5 heteroatoms. The predicted octanol–water partition coefficient (Wildman–Crippen LogP) is 3.54. The third-order valence-corrected chi connectivity index (χ3v) is 4.75. The second-order valence-electron chi connectivity index (χ2n) is 4.93. The molecule has 0 aliphatic heterocycles. The first kappa shape index (κ1) is 16.9. The minimum Gasteiger partial charge on any atom is -0.383 e. The van der Waals surface area contributed by atoms with Crippen molar-refractivity contribution in [2.24, 2.45) is 5.73 Å². The van der Waals surface area contributed by atoms with E-state index in [-0.39, 0.29) is 12.1 Å². The number of nitrogens with zero attached hydrogens (tertiary/aromatic N) is 1. The van der Waals surface area contributed by atoms with Crippen molar-refractivity contribution in [2.45, 2.75) is 45.3 Å². The highest BCUT2D eigenvalue weighted by molar-refractivity contribution is 7.16. The number of nitrogens with two attached hydrogens (primary N) is 1. The Morgan fingerprint density at radius 2 is 2.11 bits per heavy atom. The molecule has 3 nitrogen and oxygen atoms in total. The van der Waals surface area contributed by atoms with Gasteiger partial charge in [0.05, 0.1) is 17.0 Å². The van der Waals surface area contributed by atoms with Gasteiger partial charge in [-0.1, -0.05) is 18.5 Å². The summed E-state index contributed by atoms with van der Waals surface area (Å²) in [4.78, 5) is 3.66. The molecule has 110 valence electrons. The van der Waals surface area contributed by atoms with Crippen LogP contribution in [0.2, 0.25) is 4.34 Å². The molecule has 2 N–H and O–H groups in total. The van der Waals surface area contributed by atoms with Gasteiger partial charge in [-0.15, -0.1) is 11.3 Å². The van der Waals surface area contributed by atoms with E-state index in [1.165, 1.54) is 4.88 Å². The summed E-state index contributed by atoms with van der Waals surface area (Å²) < 4.78 is 6.05. The quantitative estimate of drug-likeness (QED) is 0.798. The fraction of sp³-hybridized carbons (Fsp3) is 0.714. The van der Waals surface area contributed by atoms with Gasteiger partial charge < -0.3 is 10.5 Å². The summed E-state index contributed by atoms with van der Waals surface area (Å²) in [5, 5.41) is 0. The van der Waals surface area contributed by atoms with Gasteiger partial charge in [0.1, 0.15) is 0 Å². The molecule has 0 aromatic carbocycles. The van der Waals surface area contributed by atoms with Crippen molar-refractivity contribution in [3.8, 4) is 0 Å². The molecule has 1 rings (SSSR count). The first-order valence-electron chi connectivity index (χ1n) is 6.76. The molecule has 3 unspecified atom stereocenters. The van der Waals surface area contributed by atoms with Crippen LogP contribution in [0.15, 0.2) is 12.1 Å². The van der Waals surface area contributed by atoms with E-state index in [2.05, 4.69) is 31.7 Å². The molecule has 1 aromatic rings. The van der Waals surface area contributed by atoms with Crippen molar-refractivity contribution in [2.75, 3.05) is 20.3 Å². The van der Waals surface area contributed by atoms with Crippen molar-refractivity contribution in [1.29, 1.82) is 0 Å². The Morgan fingerprint density at radius 3 is 2.53 bits per heavy atom. The first-order chi connectivity index (χ1) is 9.01. The molecule has 0 fully saturated rings. The van der Waals surface area contributed by atoms with Gasteiger partial charge in [0.25, 0.3) is 0 Å². The molecule has 0 saturated heterocycles. The summed E-state index contributed by atoms with van der Waals surface area (Å²) in [7, 11) is 1.73. The first-order valence-corrected chi connectivity index (χ1v) is 7.96. The number of methoxy groups -OCH3 is 1. The summed E-state index contributed by atoms with van der Waals surface area (Å²) in [6.07, 6.45) is 1.09. The SMILES string of the molecule is CCC(C)N(CCOC)C(c1ccc(Cl)s1)C(C)N. The van der Waals surface area contributed by atoms with Crippen LogP contribution in [-0.2, 0) is 4.74 Å². The fourth-order valence-corrected chi connectivity index (χ4v) is 3.58. The maximum Gasteiger partial charge on any atom is 0.0931 e. The van der Waals surface area contributed by atoms with Gasteiger partial charge in [-0.05, 0) is 32.4 Å². The second kappa shape index (κ2) is 8.22. The van der Waals surface area contributed by atoms with Crippen LogP contribution in [0, 0.1) is 0 Å². The Kier molecular flexibility index (Phi) is 7.32. The third-order valence-electron chi connectivity index (χ3n) is 3.45. The lowest BCUT2D eigenvalue weighted by atomic mass is 10.0. The minimum absolute atomic E-state index is 0.0561. The topological polar surface area (TPSA) is 38.5 Å². The Hall–Kier alpha value is -0.130. The summed E-state index contributed by atoms with van der Waals surface area (Å²) >= 11 is 7.68. The van der Waals surface area contributed by atoms with E-state index in [1.807, 2.05) is 6.07 Å². The smallest absolute Gasteiger partial charge is 0.0931 e. The van der Waals surface area contributed by atoms with Crippen LogP contribution >= 0.6 is 22.9 Å². The van der Waals surface area contributed by atoms with E-state index in [1.54, 1.807) is 18.4 Å². The largest absolute Gasteiger partial charge is 0.383 e. The predicted molar refractivity (Wildman–Crippen MR) is 84.1 cm³/mol. The Balaban J connectivity index is 2.97. The molecule has 0 radical (unpaired) electrons. The number of rotatable bonds is 8. The van der Waals surface area contributed by atoms with Gasteiger partial charge in [0, 0.05) is 30.6 Å².